The average molecular weight is 316 g/mol. The minimum Gasteiger partial charge on any atom is -0.397 e. The number of hydrogen-bond donors (Lipinski definition) is 2. The maximum Gasteiger partial charge on any atom is 0.255 e. The van der Waals surface area contributed by atoms with E-state index < -0.39 is 23.8 Å². The second-order valence-electron chi connectivity index (χ2n) is 4.38. The molecule has 6 nitrogen and oxygen atoms in total. The highest BCUT2D eigenvalue weighted by Gasteiger charge is 2.34. The molecule has 1 atom stereocenters. The van der Waals surface area contributed by atoms with E-state index in [0.29, 0.717) is 0 Å². The van der Waals surface area contributed by atoms with Crippen molar-refractivity contribution in [2.75, 3.05) is 12.3 Å². The number of anilines is 1. The molecule has 1 heterocycles. The highest BCUT2D eigenvalue weighted by molar-refractivity contribution is 6.43. The summed E-state index contributed by atoms with van der Waals surface area (Å²) in [6.07, 6.45) is 0. The zero-order valence-electron chi connectivity index (χ0n) is 10.4. The van der Waals surface area contributed by atoms with Gasteiger partial charge in [-0.1, -0.05) is 23.2 Å². The third-order valence-corrected chi connectivity index (χ3v) is 3.80. The first kappa shape index (κ1) is 14.6. The molecule has 1 aliphatic heterocycles. The number of nitrogens with one attached hydrogen (secondary N) is 1. The predicted octanol–water partition coefficient (Wildman–Crippen LogP) is 1.06. The highest BCUT2D eigenvalue weighted by Crippen LogP contribution is 2.30. The second-order valence-corrected chi connectivity index (χ2v) is 5.17. The van der Waals surface area contributed by atoms with Crippen LogP contribution in [0.3, 0.4) is 0 Å². The fourth-order valence-electron chi connectivity index (χ4n) is 1.86. The second kappa shape index (κ2) is 5.30. The number of nitrogen functional groups attached to an aromatic ring is 1. The molecule has 0 spiro atoms. The zero-order chi connectivity index (χ0) is 15.0. The summed E-state index contributed by atoms with van der Waals surface area (Å²) in [5, 5.41) is 2.44. The Hall–Kier alpha value is -1.79. The number of halogens is 2. The molecule has 0 radical (unpaired) electrons. The van der Waals surface area contributed by atoms with Crippen molar-refractivity contribution in [3.05, 3.63) is 27.7 Å². The normalized spacial score (nSPS) is 18.9. The Morgan fingerprint density at radius 3 is 2.65 bits per heavy atom. The number of rotatable bonds is 1. The summed E-state index contributed by atoms with van der Waals surface area (Å²) >= 11 is 11.7. The van der Waals surface area contributed by atoms with Crippen molar-refractivity contribution in [2.24, 2.45) is 0 Å². The first-order valence-corrected chi connectivity index (χ1v) is 6.46. The van der Waals surface area contributed by atoms with Gasteiger partial charge < -0.3 is 10.6 Å². The molecular formula is C12H11Cl2N3O3. The monoisotopic (exact) mass is 315 g/mol. The van der Waals surface area contributed by atoms with Crippen LogP contribution < -0.4 is 11.1 Å². The maximum absolute atomic E-state index is 12.4. The number of benzene rings is 1. The largest absolute Gasteiger partial charge is 0.397 e. The molecule has 0 aliphatic carbocycles. The third-order valence-electron chi connectivity index (χ3n) is 2.99. The highest BCUT2D eigenvalue weighted by atomic mass is 35.5. The lowest BCUT2D eigenvalue weighted by molar-refractivity contribution is -0.138. The van der Waals surface area contributed by atoms with Crippen molar-refractivity contribution in [1.29, 1.82) is 0 Å². The van der Waals surface area contributed by atoms with Gasteiger partial charge in [0, 0.05) is 5.56 Å². The van der Waals surface area contributed by atoms with Crippen LogP contribution >= 0.6 is 23.2 Å². The Balaban J connectivity index is 2.35. The summed E-state index contributed by atoms with van der Waals surface area (Å²) < 4.78 is 0. The Bertz CT molecular complexity index is 595. The van der Waals surface area contributed by atoms with Crippen molar-refractivity contribution < 1.29 is 14.4 Å². The molecule has 20 heavy (non-hydrogen) atoms. The van der Waals surface area contributed by atoms with Gasteiger partial charge in [0.05, 0.1) is 15.7 Å². The van der Waals surface area contributed by atoms with Gasteiger partial charge in [-0.3, -0.25) is 19.7 Å². The summed E-state index contributed by atoms with van der Waals surface area (Å²) in [7, 11) is 0. The summed E-state index contributed by atoms with van der Waals surface area (Å²) in [6.45, 7) is 1.33. The number of hydrogen-bond acceptors (Lipinski definition) is 4. The molecule has 1 aliphatic rings. The quantitative estimate of drug-likeness (QED) is 0.598. The molecule has 1 fully saturated rings. The van der Waals surface area contributed by atoms with Crippen LogP contribution in [0.25, 0.3) is 0 Å². The lowest BCUT2D eigenvalue weighted by Crippen LogP contribution is -2.58. The van der Waals surface area contributed by atoms with Crippen molar-refractivity contribution >= 4 is 46.6 Å². The smallest absolute Gasteiger partial charge is 0.255 e. The van der Waals surface area contributed by atoms with Gasteiger partial charge in [0.2, 0.25) is 11.8 Å². The number of nitrogens with zero attached hydrogens (tertiary/aromatic N) is 1. The molecule has 1 aromatic rings. The van der Waals surface area contributed by atoms with Gasteiger partial charge in [0.15, 0.2) is 0 Å². The van der Waals surface area contributed by atoms with E-state index >= 15 is 0 Å². The van der Waals surface area contributed by atoms with Crippen LogP contribution in [0.2, 0.25) is 10.0 Å². The lowest BCUT2D eigenvalue weighted by atomic mass is 10.1. The molecule has 1 unspecified atom stereocenters. The third kappa shape index (κ3) is 2.57. The number of nitrogens with two attached hydrogens (primary N) is 1. The number of carbonyl (C=O) groups excluding carboxylic acids is 3. The SMILES string of the molecule is CC1C(=O)NC(=O)CN1C(=O)c1cc(N)c(Cl)c(Cl)c1. The molecule has 8 heteroatoms. The van der Waals surface area contributed by atoms with Crippen LogP contribution in [0.15, 0.2) is 12.1 Å². The van der Waals surface area contributed by atoms with E-state index in [0.717, 1.165) is 4.90 Å². The van der Waals surface area contributed by atoms with E-state index in [-0.39, 0.29) is 27.8 Å². The summed E-state index contributed by atoms with van der Waals surface area (Å²) in [5.41, 5.74) is 5.97. The van der Waals surface area contributed by atoms with Gasteiger partial charge in [0.25, 0.3) is 5.91 Å². The molecule has 1 saturated heterocycles. The van der Waals surface area contributed by atoms with Gasteiger partial charge in [-0.05, 0) is 19.1 Å². The number of imide groups is 1. The summed E-state index contributed by atoms with van der Waals surface area (Å²) in [5.74, 6) is -1.57. The number of amides is 3. The van der Waals surface area contributed by atoms with Gasteiger partial charge in [0.1, 0.15) is 12.6 Å². The van der Waals surface area contributed by atoms with Crippen LogP contribution in [0, 0.1) is 0 Å². The molecule has 3 N–H and O–H groups in total. The van der Waals surface area contributed by atoms with Crippen LogP contribution in [0.5, 0.6) is 0 Å². The molecule has 0 bridgehead atoms. The van der Waals surface area contributed by atoms with Crippen LogP contribution in [-0.4, -0.2) is 35.2 Å². The molecule has 2 rings (SSSR count). The van der Waals surface area contributed by atoms with Gasteiger partial charge in [-0.2, -0.15) is 0 Å². The van der Waals surface area contributed by atoms with Gasteiger partial charge >= 0.3 is 0 Å². The Kier molecular flexibility index (Phi) is 3.87. The van der Waals surface area contributed by atoms with Crippen LogP contribution in [-0.2, 0) is 9.59 Å². The molecule has 106 valence electrons. The van der Waals surface area contributed by atoms with Crippen molar-refractivity contribution in [2.45, 2.75) is 13.0 Å². The standard InChI is InChI=1S/C12H11Cl2N3O3/c1-5-11(19)16-9(18)4-17(5)12(20)6-2-7(13)10(14)8(15)3-6/h2-3,5H,4,15H2,1H3,(H,16,18,19). The first-order valence-electron chi connectivity index (χ1n) is 5.70. The van der Waals surface area contributed by atoms with E-state index in [1.165, 1.54) is 19.1 Å². The van der Waals surface area contributed by atoms with Crippen LogP contribution in [0.4, 0.5) is 5.69 Å². The summed E-state index contributed by atoms with van der Waals surface area (Å²) in [4.78, 5) is 36.4. The Morgan fingerprint density at radius 2 is 2.05 bits per heavy atom. The molecule has 3 amide bonds. The first-order chi connectivity index (χ1) is 9.31. The van der Waals surface area contributed by atoms with Crippen molar-refractivity contribution in [3.63, 3.8) is 0 Å². The Labute approximate surface area is 124 Å². The molecule has 1 aromatic carbocycles. The van der Waals surface area contributed by atoms with Crippen LogP contribution in [0.1, 0.15) is 17.3 Å². The number of carbonyl (C=O) groups is 3. The van der Waals surface area contributed by atoms with E-state index in [4.69, 9.17) is 28.9 Å². The van der Waals surface area contributed by atoms with E-state index in [2.05, 4.69) is 5.32 Å². The zero-order valence-corrected chi connectivity index (χ0v) is 12.0. The minimum absolute atomic E-state index is 0.135. The molecular weight excluding hydrogens is 305 g/mol. The predicted molar refractivity (Wildman–Crippen MR) is 74.5 cm³/mol. The van der Waals surface area contributed by atoms with Crippen molar-refractivity contribution in [3.8, 4) is 0 Å². The lowest BCUT2D eigenvalue weighted by Gasteiger charge is -2.31. The van der Waals surface area contributed by atoms with E-state index in [1.807, 2.05) is 0 Å². The average Bonchev–Trinajstić information content (AvgIpc) is 2.38. The molecule has 0 saturated carbocycles. The van der Waals surface area contributed by atoms with Gasteiger partial charge in [-0.15, -0.1) is 0 Å². The molecule has 0 aromatic heterocycles. The summed E-state index contributed by atoms with van der Waals surface area (Å²) in [6, 6.07) is 1.96. The van der Waals surface area contributed by atoms with E-state index in [9.17, 15) is 14.4 Å². The topological polar surface area (TPSA) is 92.5 Å². The fourth-order valence-corrected chi connectivity index (χ4v) is 2.20. The fraction of sp³-hybridized carbons (Fsp3) is 0.250. The number of piperazine rings is 1. The van der Waals surface area contributed by atoms with Crippen molar-refractivity contribution in [1.82, 2.24) is 10.2 Å². The Morgan fingerprint density at radius 1 is 1.40 bits per heavy atom. The van der Waals surface area contributed by atoms with Gasteiger partial charge in [-0.25, -0.2) is 0 Å². The maximum atomic E-state index is 12.4. The minimum atomic E-state index is -0.754. The van der Waals surface area contributed by atoms with E-state index in [1.54, 1.807) is 0 Å².